The molecule has 0 heterocycles. The van der Waals surface area contributed by atoms with Gasteiger partial charge in [-0.1, -0.05) is 25.5 Å². The maximum absolute atomic E-state index is 10.7. The Morgan fingerprint density at radius 3 is 2.50 bits per heavy atom. The van der Waals surface area contributed by atoms with Gasteiger partial charge < -0.3 is 5.11 Å². The second kappa shape index (κ2) is 5.84. The van der Waals surface area contributed by atoms with Crippen molar-refractivity contribution in [2.24, 2.45) is 11.8 Å². The molecule has 80 valence electrons. The molecule has 2 heteroatoms. The first-order valence-electron chi connectivity index (χ1n) is 5.63. The molecule has 0 atom stereocenters. The maximum Gasteiger partial charge on any atom is 0.306 e. The van der Waals surface area contributed by atoms with E-state index in [2.05, 4.69) is 19.1 Å². The third kappa shape index (κ3) is 3.52. The van der Waals surface area contributed by atoms with Crippen LogP contribution in [0.5, 0.6) is 0 Å². The number of rotatable bonds is 4. The molecule has 0 aromatic carbocycles. The molecule has 2 nitrogen and oxygen atoms in total. The zero-order chi connectivity index (χ0) is 10.4. The number of hydrogen-bond acceptors (Lipinski definition) is 1. The summed E-state index contributed by atoms with van der Waals surface area (Å²) in [4.78, 5) is 10.7. The molecule has 0 bridgehead atoms. The molecule has 14 heavy (non-hydrogen) atoms. The fourth-order valence-electron chi connectivity index (χ4n) is 2.01. The quantitative estimate of drug-likeness (QED) is 0.701. The van der Waals surface area contributed by atoms with Gasteiger partial charge in [0.25, 0.3) is 0 Å². The zero-order valence-electron chi connectivity index (χ0n) is 8.91. The molecule has 0 saturated heterocycles. The number of aliphatic carboxylic acids is 1. The topological polar surface area (TPSA) is 37.3 Å². The van der Waals surface area contributed by atoms with Crippen molar-refractivity contribution in [3.8, 4) is 0 Å². The van der Waals surface area contributed by atoms with Crippen molar-refractivity contribution in [2.45, 2.75) is 45.4 Å². The summed E-state index contributed by atoms with van der Waals surface area (Å²) >= 11 is 0. The molecule has 0 aromatic rings. The van der Waals surface area contributed by atoms with E-state index in [0.29, 0.717) is 5.92 Å². The van der Waals surface area contributed by atoms with Crippen LogP contribution in [0, 0.1) is 11.8 Å². The predicted molar refractivity (Wildman–Crippen MR) is 57.1 cm³/mol. The minimum atomic E-state index is -0.610. The summed E-state index contributed by atoms with van der Waals surface area (Å²) in [6.07, 6.45) is 10.7. The Kier molecular flexibility index (Phi) is 4.71. The summed E-state index contributed by atoms with van der Waals surface area (Å²) in [5.41, 5.74) is 0. The highest BCUT2D eigenvalue weighted by Crippen LogP contribution is 2.29. The lowest BCUT2D eigenvalue weighted by atomic mass is 9.82. The SMILES string of the molecule is CCCC=CC1CCC(C(=O)O)CC1. The first-order valence-corrected chi connectivity index (χ1v) is 5.63. The molecule has 0 spiro atoms. The van der Waals surface area contributed by atoms with Crippen LogP contribution >= 0.6 is 0 Å². The highest BCUT2D eigenvalue weighted by molar-refractivity contribution is 5.70. The number of carboxylic acids is 1. The molecular formula is C12H20O2. The Balaban J connectivity index is 2.25. The fourth-order valence-corrected chi connectivity index (χ4v) is 2.01. The number of carbonyl (C=O) groups is 1. The second-order valence-corrected chi connectivity index (χ2v) is 4.17. The Morgan fingerprint density at radius 2 is 2.00 bits per heavy atom. The van der Waals surface area contributed by atoms with Crippen molar-refractivity contribution in [2.75, 3.05) is 0 Å². The average molecular weight is 196 g/mol. The molecule has 1 N–H and O–H groups in total. The average Bonchev–Trinajstić information content (AvgIpc) is 2.19. The van der Waals surface area contributed by atoms with Crippen LogP contribution in [0.4, 0.5) is 0 Å². The normalized spacial score (nSPS) is 28.1. The largest absolute Gasteiger partial charge is 0.481 e. The summed E-state index contributed by atoms with van der Waals surface area (Å²) in [6.45, 7) is 2.17. The third-order valence-electron chi connectivity index (χ3n) is 2.98. The standard InChI is InChI=1S/C12H20O2/c1-2-3-4-5-10-6-8-11(9-7-10)12(13)14/h4-5,10-11H,2-3,6-9H2,1H3,(H,13,14). The zero-order valence-corrected chi connectivity index (χ0v) is 8.91. The monoisotopic (exact) mass is 196 g/mol. The summed E-state index contributed by atoms with van der Waals surface area (Å²) in [5, 5.41) is 8.82. The Labute approximate surface area is 86.0 Å². The van der Waals surface area contributed by atoms with E-state index in [1.54, 1.807) is 0 Å². The Hall–Kier alpha value is -0.790. The summed E-state index contributed by atoms with van der Waals surface area (Å²) < 4.78 is 0. The number of allylic oxidation sites excluding steroid dienone is 2. The van der Waals surface area contributed by atoms with Gasteiger partial charge in [-0.25, -0.2) is 0 Å². The van der Waals surface area contributed by atoms with E-state index < -0.39 is 5.97 Å². The Morgan fingerprint density at radius 1 is 1.36 bits per heavy atom. The molecule has 0 aliphatic heterocycles. The summed E-state index contributed by atoms with van der Waals surface area (Å²) in [6, 6.07) is 0. The first-order chi connectivity index (χ1) is 6.74. The lowest BCUT2D eigenvalue weighted by Gasteiger charge is -2.23. The first kappa shape index (κ1) is 11.3. The Bertz CT molecular complexity index is 200. The second-order valence-electron chi connectivity index (χ2n) is 4.17. The molecule has 1 aliphatic carbocycles. The molecule has 0 aromatic heterocycles. The van der Waals surface area contributed by atoms with Crippen LogP contribution in [-0.2, 0) is 4.79 Å². The number of carboxylic acid groups (broad SMARTS) is 1. The number of unbranched alkanes of at least 4 members (excludes halogenated alkanes) is 1. The van der Waals surface area contributed by atoms with Gasteiger partial charge in [-0.15, -0.1) is 0 Å². The molecule has 1 rings (SSSR count). The van der Waals surface area contributed by atoms with E-state index in [1.807, 2.05) is 0 Å². The van der Waals surface area contributed by atoms with Gasteiger partial charge in [0, 0.05) is 0 Å². The summed E-state index contributed by atoms with van der Waals surface area (Å²) in [5.74, 6) is -0.0519. The van der Waals surface area contributed by atoms with Crippen molar-refractivity contribution >= 4 is 5.97 Å². The molecule has 1 saturated carbocycles. The molecule has 1 fully saturated rings. The van der Waals surface area contributed by atoms with Gasteiger partial charge in [-0.05, 0) is 38.0 Å². The molecular weight excluding hydrogens is 176 g/mol. The van der Waals surface area contributed by atoms with Gasteiger partial charge in [0.2, 0.25) is 0 Å². The van der Waals surface area contributed by atoms with Crippen LogP contribution in [0.1, 0.15) is 45.4 Å². The molecule has 0 unspecified atom stereocenters. The van der Waals surface area contributed by atoms with Crippen LogP contribution in [0.25, 0.3) is 0 Å². The smallest absolute Gasteiger partial charge is 0.306 e. The van der Waals surface area contributed by atoms with E-state index in [1.165, 1.54) is 6.42 Å². The summed E-state index contributed by atoms with van der Waals surface area (Å²) in [7, 11) is 0. The van der Waals surface area contributed by atoms with Crippen molar-refractivity contribution < 1.29 is 9.90 Å². The van der Waals surface area contributed by atoms with Gasteiger partial charge in [0.15, 0.2) is 0 Å². The van der Waals surface area contributed by atoms with E-state index in [4.69, 9.17) is 5.11 Å². The molecule has 1 aliphatic rings. The van der Waals surface area contributed by atoms with Gasteiger partial charge in [0.05, 0.1) is 5.92 Å². The van der Waals surface area contributed by atoms with Crippen LogP contribution in [0.2, 0.25) is 0 Å². The van der Waals surface area contributed by atoms with Gasteiger partial charge in [-0.2, -0.15) is 0 Å². The van der Waals surface area contributed by atoms with Crippen LogP contribution in [0.3, 0.4) is 0 Å². The van der Waals surface area contributed by atoms with E-state index in [0.717, 1.165) is 32.1 Å². The lowest BCUT2D eigenvalue weighted by molar-refractivity contribution is -0.142. The van der Waals surface area contributed by atoms with Crippen LogP contribution in [-0.4, -0.2) is 11.1 Å². The lowest BCUT2D eigenvalue weighted by Crippen LogP contribution is -2.20. The predicted octanol–water partition coefficient (Wildman–Crippen LogP) is 3.23. The molecule has 0 amide bonds. The molecule has 0 radical (unpaired) electrons. The van der Waals surface area contributed by atoms with E-state index >= 15 is 0 Å². The third-order valence-corrected chi connectivity index (χ3v) is 2.98. The van der Waals surface area contributed by atoms with Gasteiger partial charge >= 0.3 is 5.97 Å². The van der Waals surface area contributed by atoms with Crippen molar-refractivity contribution in [1.29, 1.82) is 0 Å². The van der Waals surface area contributed by atoms with Gasteiger partial charge in [0.1, 0.15) is 0 Å². The van der Waals surface area contributed by atoms with Crippen molar-refractivity contribution in [1.82, 2.24) is 0 Å². The van der Waals surface area contributed by atoms with E-state index in [-0.39, 0.29) is 5.92 Å². The van der Waals surface area contributed by atoms with Crippen molar-refractivity contribution in [3.63, 3.8) is 0 Å². The van der Waals surface area contributed by atoms with Gasteiger partial charge in [-0.3, -0.25) is 4.79 Å². The van der Waals surface area contributed by atoms with Crippen molar-refractivity contribution in [3.05, 3.63) is 12.2 Å². The minimum absolute atomic E-state index is 0.0779. The van der Waals surface area contributed by atoms with Crippen LogP contribution < -0.4 is 0 Å². The highest BCUT2D eigenvalue weighted by atomic mass is 16.4. The number of hydrogen-bond donors (Lipinski definition) is 1. The fraction of sp³-hybridized carbons (Fsp3) is 0.750. The van der Waals surface area contributed by atoms with Crippen LogP contribution in [0.15, 0.2) is 12.2 Å². The highest BCUT2D eigenvalue weighted by Gasteiger charge is 2.24. The minimum Gasteiger partial charge on any atom is -0.481 e. The maximum atomic E-state index is 10.7. The van der Waals surface area contributed by atoms with E-state index in [9.17, 15) is 4.79 Å².